The van der Waals surface area contributed by atoms with Crippen molar-refractivity contribution in [3.8, 4) is 11.8 Å². The Morgan fingerprint density at radius 3 is 2.60 bits per heavy atom. The lowest BCUT2D eigenvalue weighted by molar-refractivity contribution is 0.0818. The number of carbonyl (C=O) groups is 1. The Hall–Kier alpha value is -2.67. The highest BCUT2D eigenvalue weighted by molar-refractivity contribution is 5.99. The smallest absolute Gasteiger partial charge is 0.202 e. The van der Waals surface area contributed by atoms with E-state index in [1.165, 1.54) is 24.3 Å². The molecule has 0 amide bonds. The molecular formula is C16H12FNO2. The molecule has 0 N–H and O–H groups in total. The number of carbonyl (C=O) groups excluding carboxylic acids is 1. The number of benzene rings is 2. The van der Waals surface area contributed by atoms with Crippen molar-refractivity contribution in [3.63, 3.8) is 0 Å². The van der Waals surface area contributed by atoms with Gasteiger partial charge in [-0.3, -0.25) is 4.79 Å². The van der Waals surface area contributed by atoms with Gasteiger partial charge >= 0.3 is 0 Å². The standard InChI is InChI=1S/C16H12FNO2/c1-11(16(19)13-5-7-14(17)8-6-13)20-15-4-2-3-12(9-15)10-18/h2-9,11H,1H3. The van der Waals surface area contributed by atoms with Crippen molar-refractivity contribution in [2.24, 2.45) is 0 Å². The van der Waals surface area contributed by atoms with Crippen molar-refractivity contribution in [3.05, 3.63) is 65.5 Å². The number of ether oxygens (including phenoxy) is 1. The lowest BCUT2D eigenvalue weighted by Crippen LogP contribution is -2.23. The fraction of sp³-hybridized carbons (Fsp3) is 0.125. The van der Waals surface area contributed by atoms with Gasteiger partial charge in [-0.25, -0.2) is 4.39 Å². The normalized spacial score (nSPS) is 11.4. The predicted molar refractivity (Wildman–Crippen MR) is 72.0 cm³/mol. The Kier molecular flexibility index (Phi) is 4.11. The van der Waals surface area contributed by atoms with Gasteiger partial charge < -0.3 is 4.74 Å². The minimum atomic E-state index is -0.714. The van der Waals surface area contributed by atoms with Crippen LogP contribution in [0.25, 0.3) is 0 Å². The molecule has 0 heterocycles. The second kappa shape index (κ2) is 5.98. The predicted octanol–water partition coefficient (Wildman–Crippen LogP) is 3.35. The summed E-state index contributed by atoms with van der Waals surface area (Å²) in [5.74, 6) is -0.184. The molecule has 2 rings (SSSR count). The fourth-order valence-corrected chi connectivity index (χ4v) is 1.75. The lowest BCUT2D eigenvalue weighted by atomic mass is 10.1. The van der Waals surface area contributed by atoms with Gasteiger partial charge in [-0.05, 0) is 49.4 Å². The topological polar surface area (TPSA) is 50.1 Å². The summed E-state index contributed by atoms with van der Waals surface area (Å²) in [4.78, 5) is 12.1. The molecule has 0 fully saturated rings. The van der Waals surface area contributed by atoms with E-state index in [2.05, 4.69) is 0 Å². The molecule has 0 radical (unpaired) electrons. The van der Waals surface area contributed by atoms with Crippen LogP contribution < -0.4 is 4.74 Å². The number of hydrogen-bond acceptors (Lipinski definition) is 3. The Balaban J connectivity index is 2.11. The third-order valence-electron chi connectivity index (χ3n) is 2.77. The molecule has 0 spiro atoms. The number of Topliss-reactive ketones (excluding diaryl/α,β-unsaturated/α-hetero) is 1. The highest BCUT2D eigenvalue weighted by atomic mass is 19.1. The summed E-state index contributed by atoms with van der Waals surface area (Å²) in [7, 11) is 0. The summed E-state index contributed by atoms with van der Waals surface area (Å²) in [6, 6.07) is 13.9. The van der Waals surface area contributed by atoms with Gasteiger partial charge in [-0.2, -0.15) is 5.26 Å². The molecule has 2 aromatic carbocycles. The molecular weight excluding hydrogens is 257 g/mol. The SMILES string of the molecule is CC(Oc1cccc(C#N)c1)C(=O)c1ccc(F)cc1. The van der Waals surface area contributed by atoms with E-state index < -0.39 is 11.9 Å². The number of rotatable bonds is 4. The highest BCUT2D eigenvalue weighted by Crippen LogP contribution is 2.16. The number of nitrogens with zero attached hydrogens (tertiary/aromatic N) is 1. The molecule has 0 bridgehead atoms. The fourth-order valence-electron chi connectivity index (χ4n) is 1.75. The van der Waals surface area contributed by atoms with E-state index in [-0.39, 0.29) is 5.78 Å². The Bertz CT molecular complexity index is 659. The zero-order valence-corrected chi connectivity index (χ0v) is 10.8. The zero-order valence-electron chi connectivity index (χ0n) is 10.8. The maximum Gasteiger partial charge on any atom is 0.202 e. The van der Waals surface area contributed by atoms with Crippen LogP contribution >= 0.6 is 0 Å². The van der Waals surface area contributed by atoms with E-state index in [0.717, 1.165) is 0 Å². The van der Waals surface area contributed by atoms with Gasteiger partial charge in [0.2, 0.25) is 5.78 Å². The van der Waals surface area contributed by atoms with Gasteiger partial charge in [0.15, 0.2) is 6.10 Å². The van der Waals surface area contributed by atoms with Gasteiger partial charge in [0.25, 0.3) is 0 Å². The van der Waals surface area contributed by atoms with Crippen LogP contribution in [-0.2, 0) is 0 Å². The first kappa shape index (κ1) is 13.8. The molecule has 20 heavy (non-hydrogen) atoms. The first-order chi connectivity index (χ1) is 9.60. The molecule has 1 atom stereocenters. The van der Waals surface area contributed by atoms with Crippen LogP contribution in [0.1, 0.15) is 22.8 Å². The van der Waals surface area contributed by atoms with E-state index in [1.807, 2.05) is 6.07 Å². The monoisotopic (exact) mass is 269 g/mol. The molecule has 0 aliphatic carbocycles. The van der Waals surface area contributed by atoms with Crippen molar-refractivity contribution >= 4 is 5.78 Å². The molecule has 0 aromatic heterocycles. The number of ketones is 1. The average Bonchev–Trinajstić information content (AvgIpc) is 2.47. The second-order valence-electron chi connectivity index (χ2n) is 4.27. The maximum absolute atomic E-state index is 12.8. The highest BCUT2D eigenvalue weighted by Gasteiger charge is 2.17. The first-order valence-corrected chi connectivity index (χ1v) is 6.07. The van der Waals surface area contributed by atoms with Crippen LogP contribution in [0.2, 0.25) is 0 Å². The largest absolute Gasteiger partial charge is 0.483 e. The molecule has 0 aliphatic rings. The third kappa shape index (κ3) is 3.21. The molecule has 2 aromatic rings. The van der Waals surface area contributed by atoms with Crippen molar-refractivity contribution < 1.29 is 13.9 Å². The summed E-state index contributed by atoms with van der Waals surface area (Å²) < 4.78 is 18.3. The van der Waals surface area contributed by atoms with Crippen molar-refractivity contribution in [1.82, 2.24) is 0 Å². The van der Waals surface area contributed by atoms with E-state index in [9.17, 15) is 9.18 Å². The summed E-state index contributed by atoms with van der Waals surface area (Å²) in [5, 5.41) is 8.80. The van der Waals surface area contributed by atoms with Crippen LogP contribution in [0, 0.1) is 17.1 Å². The minimum Gasteiger partial charge on any atom is -0.483 e. The number of nitriles is 1. The van der Waals surface area contributed by atoms with E-state index in [4.69, 9.17) is 10.00 Å². The van der Waals surface area contributed by atoms with Crippen molar-refractivity contribution in [1.29, 1.82) is 5.26 Å². The van der Waals surface area contributed by atoms with Crippen LogP contribution in [0.3, 0.4) is 0 Å². The van der Waals surface area contributed by atoms with Gasteiger partial charge in [-0.1, -0.05) is 6.07 Å². The summed E-state index contributed by atoms with van der Waals surface area (Å²) in [6.45, 7) is 1.62. The van der Waals surface area contributed by atoms with E-state index >= 15 is 0 Å². The summed E-state index contributed by atoms with van der Waals surface area (Å²) in [6.07, 6.45) is -0.714. The molecule has 1 unspecified atom stereocenters. The average molecular weight is 269 g/mol. The molecule has 0 saturated heterocycles. The molecule has 100 valence electrons. The summed E-state index contributed by atoms with van der Waals surface area (Å²) >= 11 is 0. The molecule has 0 aliphatic heterocycles. The Morgan fingerprint density at radius 2 is 1.95 bits per heavy atom. The van der Waals surface area contributed by atoms with Crippen LogP contribution in [-0.4, -0.2) is 11.9 Å². The zero-order chi connectivity index (χ0) is 14.5. The van der Waals surface area contributed by atoms with Gasteiger partial charge in [0.05, 0.1) is 11.6 Å². The van der Waals surface area contributed by atoms with Gasteiger partial charge in [-0.15, -0.1) is 0 Å². The number of halogens is 1. The van der Waals surface area contributed by atoms with Crippen molar-refractivity contribution in [2.45, 2.75) is 13.0 Å². The molecule has 3 nitrogen and oxygen atoms in total. The quantitative estimate of drug-likeness (QED) is 0.800. The summed E-state index contributed by atoms with van der Waals surface area (Å²) in [5.41, 5.74) is 0.847. The van der Waals surface area contributed by atoms with Gasteiger partial charge in [0, 0.05) is 5.56 Å². The van der Waals surface area contributed by atoms with Crippen molar-refractivity contribution in [2.75, 3.05) is 0 Å². The van der Waals surface area contributed by atoms with E-state index in [1.54, 1.807) is 31.2 Å². The molecule has 4 heteroatoms. The Morgan fingerprint density at radius 1 is 1.25 bits per heavy atom. The second-order valence-corrected chi connectivity index (χ2v) is 4.27. The van der Waals surface area contributed by atoms with E-state index in [0.29, 0.717) is 16.9 Å². The Labute approximate surface area is 116 Å². The lowest BCUT2D eigenvalue weighted by Gasteiger charge is -2.13. The van der Waals surface area contributed by atoms with Crippen LogP contribution in [0.5, 0.6) is 5.75 Å². The van der Waals surface area contributed by atoms with Crippen LogP contribution in [0.4, 0.5) is 4.39 Å². The maximum atomic E-state index is 12.8. The minimum absolute atomic E-state index is 0.243. The molecule has 0 saturated carbocycles. The van der Waals surface area contributed by atoms with Gasteiger partial charge in [0.1, 0.15) is 11.6 Å². The third-order valence-corrected chi connectivity index (χ3v) is 2.77. The first-order valence-electron chi connectivity index (χ1n) is 6.07. The van der Waals surface area contributed by atoms with Crippen LogP contribution in [0.15, 0.2) is 48.5 Å². The number of hydrogen-bond donors (Lipinski definition) is 0.